The predicted octanol–water partition coefficient (Wildman–Crippen LogP) is 4.49. The molecule has 1 aliphatic rings. The quantitative estimate of drug-likeness (QED) is 0.803. The maximum absolute atomic E-state index is 12.4. The molecule has 128 valence electrons. The fraction of sp³-hybridized carbons (Fsp3) is 0.444. The van der Waals surface area contributed by atoms with E-state index in [0.29, 0.717) is 27.2 Å². The van der Waals surface area contributed by atoms with Crippen LogP contribution in [0.1, 0.15) is 25.5 Å². The first-order chi connectivity index (χ1) is 11.5. The first kappa shape index (κ1) is 17.3. The Morgan fingerprint density at radius 2 is 2.17 bits per heavy atom. The van der Waals surface area contributed by atoms with Gasteiger partial charge < -0.3 is 9.64 Å². The van der Waals surface area contributed by atoms with Crippen molar-refractivity contribution in [3.8, 4) is 5.75 Å². The first-order valence-corrected chi connectivity index (χ1v) is 8.87. The number of benzene rings is 1. The van der Waals surface area contributed by atoms with Crippen LogP contribution in [-0.4, -0.2) is 35.5 Å². The second-order valence-corrected chi connectivity index (χ2v) is 7.21. The van der Waals surface area contributed by atoms with Gasteiger partial charge in [0.25, 0.3) is 5.91 Å². The number of piperidine rings is 1. The zero-order valence-electron chi connectivity index (χ0n) is 13.8. The summed E-state index contributed by atoms with van der Waals surface area (Å²) in [4.78, 5) is 18.8. The van der Waals surface area contributed by atoms with Gasteiger partial charge in [-0.25, -0.2) is 4.98 Å². The van der Waals surface area contributed by atoms with E-state index < -0.39 is 0 Å². The summed E-state index contributed by atoms with van der Waals surface area (Å²) in [7, 11) is 0. The molecule has 1 saturated heterocycles. The van der Waals surface area contributed by atoms with Crippen LogP contribution in [0.2, 0.25) is 10.0 Å². The number of likely N-dealkylation sites (tertiary alicyclic amines) is 1. The summed E-state index contributed by atoms with van der Waals surface area (Å²) in [5.41, 5.74) is 1.43. The van der Waals surface area contributed by atoms with E-state index in [9.17, 15) is 4.79 Å². The molecule has 2 heterocycles. The number of hydrogen-bond acceptors (Lipinski definition) is 3. The number of ether oxygens (including phenoxy) is 1. The molecule has 24 heavy (non-hydrogen) atoms. The average molecular weight is 367 g/mol. The topological polar surface area (TPSA) is 42.4 Å². The first-order valence-electron chi connectivity index (χ1n) is 8.11. The number of nitrogens with zero attached hydrogens (tertiary/aromatic N) is 2. The number of aryl methyl sites for hydroxylation is 1. The number of halogens is 2. The standard InChI is InChI=1S/C18H20Cl2N2O2/c1-11-4-3-7-22(9-11)16(23)10-24-18-15(20)8-14(19)13-6-5-12(2)21-17(13)18/h5-6,8,11H,3-4,7,9-10H2,1-2H3. The Bertz CT molecular complexity index is 779. The highest BCUT2D eigenvalue weighted by atomic mass is 35.5. The van der Waals surface area contributed by atoms with E-state index in [4.69, 9.17) is 27.9 Å². The van der Waals surface area contributed by atoms with Crippen molar-refractivity contribution in [1.82, 2.24) is 9.88 Å². The van der Waals surface area contributed by atoms with Crippen LogP contribution >= 0.6 is 23.2 Å². The molecule has 1 atom stereocenters. The molecule has 0 N–H and O–H groups in total. The van der Waals surface area contributed by atoms with Crippen LogP contribution < -0.4 is 4.74 Å². The molecule has 6 heteroatoms. The fourth-order valence-electron chi connectivity index (χ4n) is 3.07. The summed E-state index contributed by atoms with van der Waals surface area (Å²) >= 11 is 12.5. The van der Waals surface area contributed by atoms with E-state index in [2.05, 4.69) is 11.9 Å². The second kappa shape index (κ2) is 7.16. The zero-order valence-corrected chi connectivity index (χ0v) is 15.3. The van der Waals surface area contributed by atoms with E-state index in [1.54, 1.807) is 6.07 Å². The van der Waals surface area contributed by atoms with Crippen LogP contribution in [0.5, 0.6) is 5.75 Å². The Hall–Kier alpha value is -1.52. The maximum atomic E-state index is 12.4. The SMILES string of the molecule is Cc1ccc2c(Cl)cc(Cl)c(OCC(=O)N3CCCC(C)C3)c2n1. The number of pyridine rings is 1. The monoisotopic (exact) mass is 366 g/mol. The van der Waals surface area contributed by atoms with Crippen molar-refractivity contribution in [2.24, 2.45) is 5.92 Å². The predicted molar refractivity (Wildman–Crippen MR) is 97.0 cm³/mol. The Balaban J connectivity index is 1.82. The molecule has 0 saturated carbocycles. The summed E-state index contributed by atoms with van der Waals surface area (Å²) in [6.07, 6.45) is 2.21. The number of hydrogen-bond donors (Lipinski definition) is 0. The number of amides is 1. The summed E-state index contributed by atoms with van der Waals surface area (Å²) in [5, 5.41) is 1.65. The van der Waals surface area contributed by atoms with Crippen LogP contribution in [0.15, 0.2) is 18.2 Å². The molecule has 1 amide bonds. The van der Waals surface area contributed by atoms with Crippen molar-refractivity contribution >= 4 is 40.0 Å². The molecule has 1 unspecified atom stereocenters. The minimum Gasteiger partial charge on any atom is -0.480 e. The highest BCUT2D eigenvalue weighted by molar-refractivity contribution is 6.39. The molecule has 3 rings (SSSR count). The minimum atomic E-state index is -0.0429. The smallest absolute Gasteiger partial charge is 0.260 e. The highest BCUT2D eigenvalue weighted by Gasteiger charge is 2.22. The third-order valence-corrected chi connectivity index (χ3v) is 4.92. The molecule has 4 nitrogen and oxygen atoms in total. The molecule has 1 aromatic heterocycles. The summed E-state index contributed by atoms with van der Waals surface area (Å²) < 4.78 is 5.77. The second-order valence-electron chi connectivity index (χ2n) is 6.39. The Morgan fingerprint density at radius 3 is 2.92 bits per heavy atom. The van der Waals surface area contributed by atoms with Crippen LogP contribution in [0.4, 0.5) is 0 Å². The fourth-order valence-corrected chi connectivity index (χ4v) is 3.64. The van der Waals surface area contributed by atoms with Gasteiger partial charge in [0.05, 0.1) is 10.0 Å². The van der Waals surface area contributed by atoms with E-state index in [-0.39, 0.29) is 12.5 Å². The van der Waals surface area contributed by atoms with E-state index in [0.717, 1.165) is 30.6 Å². The summed E-state index contributed by atoms with van der Waals surface area (Å²) in [6.45, 7) is 5.58. The number of fused-ring (bicyclic) bond motifs is 1. The average Bonchev–Trinajstić information content (AvgIpc) is 2.54. The third-order valence-electron chi connectivity index (χ3n) is 4.33. The van der Waals surface area contributed by atoms with Gasteiger partial charge in [0, 0.05) is 24.2 Å². The molecular formula is C18H20Cl2N2O2. The van der Waals surface area contributed by atoms with E-state index >= 15 is 0 Å². The number of carbonyl (C=O) groups excluding carboxylic acids is 1. The molecule has 0 aliphatic carbocycles. The molecule has 1 aliphatic heterocycles. The molecule has 0 spiro atoms. The van der Waals surface area contributed by atoms with Gasteiger partial charge >= 0.3 is 0 Å². The van der Waals surface area contributed by atoms with Gasteiger partial charge in [-0.05, 0) is 43.9 Å². The van der Waals surface area contributed by atoms with Crippen molar-refractivity contribution in [2.75, 3.05) is 19.7 Å². The van der Waals surface area contributed by atoms with Crippen molar-refractivity contribution in [3.63, 3.8) is 0 Å². The minimum absolute atomic E-state index is 0.0200. The van der Waals surface area contributed by atoms with Gasteiger partial charge in [-0.3, -0.25) is 4.79 Å². The van der Waals surface area contributed by atoms with Gasteiger partial charge in [-0.1, -0.05) is 30.1 Å². The van der Waals surface area contributed by atoms with E-state index in [1.807, 2.05) is 24.0 Å². The van der Waals surface area contributed by atoms with Crippen LogP contribution in [0.25, 0.3) is 10.9 Å². The van der Waals surface area contributed by atoms with Crippen LogP contribution in [0, 0.1) is 12.8 Å². The van der Waals surface area contributed by atoms with Gasteiger partial charge in [0.1, 0.15) is 5.52 Å². The molecule has 0 bridgehead atoms. The van der Waals surface area contributed by atoms with Gasteiger partial charge in [0.2, 0.25) is 0 Å². The van der Waals surface area contributed by atoms with Crippen molar-refractivity contribution in [2.45, 2.75) is 26.7 Å². The number of carbonyl (C=O) groups is 1. The van der Waals surface area contributed by atoms with E-state index in [1.165, 1.54) is 6.42 Å². The lowest BCUT2D eigenvalue weighted by Gasteiger charge is -2.30. The Morgan fingerprint density at radius 1 is 1.38 bits per heavy atom. The molecule has 0 radical (unpaired) electrons. The lowest BCUT2D eigenvalue weighted by Crippen LogP contribution is -2.41. The largest absolute Gasteiger partial charge is 0.480 e. The molecule has 1 aromatic carbocycles. The highest BCUT2D eigenvalue weighted by Crippen LogP contribution is 2.37. The Kier molecular flexibility index (Phi) is 5.16. The maximum Gasteiger partial charge on any atom is 0.260 e. The van der Waals surface area contributed by atoms with Gasteiger partial charge in [0.15, 0.2) is 12.4 Å². The Labute approximate surface area is 151 Å². The number of rotatable bonds is 3. The van der Waals surface area contributed by atoms with Gasteiger partial charge in [-0.15, -0.1) is 0 Å². The van der Waals surface area contributed by atoms with Crippen molar-refractivity contribution in [1.29, 1.82) is 0 Å². The normalized spacial score (nSPS) is 18.0. The zero-order chi connectivity index (χ0) is 17.3. The molecule has 1 fully saturated rings. The number of aromatic nitrogens is 1. The third kappa shape index (κ3) is 3.60. The lowest BCUT2D eigenvalue weighted by molar-refractivity contribution is -0.135. The summed E-state index contributed by atoms with van der Waals surface area (Å²) in [5.74, 6) is 0.929. The van der Waals surface area contributed by atoms with Crippen molar-refractivity contribution < 1.29 is 9.53 Å². The van der Waals surface area contributed by atoms with Crippen LogP contribution in [0.3, 0.4) is 0 Å². The van der Waals surface area contributed by atoms with Crippen LogP contribution in [-0.2, 0) is 4.79 Å². The molecule has 2 aromatic rings. The van der Waals surface area contributed by atoms with Crippen molar-refractivity contribution in [3.05, 3.63) is 33.9 Å². The summed E-state index contributed by atoms with van der Waals surface area (Å²) in [6, 6.07) is 5.40. The van der Waals surface area contributed by atoms with Gasteiger partial charge in [-0.2, -0.15) is 0 Å². The molecular weight excluding hydrogens is 347 g/mol. The lowest BCUT2D eigenvalue weighted by atomic mass is 10.0.